The second kappa shape index (κ2) is 21.9. The number of carboxylic acids is 1. The van der Waals surface area contributed by atoms with E-state index >= 15 is 0 Å². The van der Waals surface area contributed by atoms with Crippen LogP contribution in [0.4, 0.5) is 0 Å². The van der Waals surface area contributed by atoms with Crippen molar-refractivity contribution in [2.24, 2.45) is 5.73 Å². The van der Waals surface area contributed by atoms with Crippen LogP contribution in [-0.4, -0.2) is 36.9 Å². The van der Waals surface area contributed by atoms with Crippen molar-refractivity contribution < 1.29 is 19.4 Å². The molecular weight excluding hydrogens is 1000 g/mol. The third-order valence-corrected chi connectivity index (χ3v) is 9.42. The number of rotatable bonds is 2. The van der Waals surface area contributed by atoms with E-state index in [1.807, 2.05) is 52.9 Å². The molecule has 52 heavy (non-hydrogen) atoms. The molecule has 0 spiro atoms. The number of aryl methyl sites for hydroxylation is 7. The number of carbonyl (C=O) groups is 2. The first-order chi connectivity index (χ1) is 24.0. The number of carboxylic acid groups (broad SMARTS) is 1. The van der Waals surface area contributed by atoms with Crippen molar-refractivity contribution in [2.45, 2.75) is 55.4 Å². The number of nitrogens with one attached hydrogen (secondary N) is 2. The summed E-state index contributed by atoms with van der Waals surface area (Å²) in [5.41, 5.74) is 12.2. The monoisotopic (exact) mass is 1030 g/mol. The molecule has 1 amide bonds. The average molecular weight is 1040 g/mol. The maximum Gasteiger partial charge on any atom is 0.354 e. The van der Waals surface area contributed by atoms with Gasteiger partial charge in [-0.05, 0) is 181 Å². The summed E-state index contributed by atoms with van der Waals surface area (Å²) in [7, 11) is 0. The second-order valence-electron chi connectivity index (χ2n) is 11.1. The molecule has 0 aliphatic rings. The minimum absolute atomic E-state index is 0.0666. The van der Waals surface area contributed by atoms with E-state index in [4.69, 9.17) is 10.8 Å². The van der Waals surface area contributed by atoms with Crippen LogP contribution < -0.4 is 21.6 Å². The number of hydrogen-bond donors (Lipinski definition) is 4. The summed E-state index contributed by atoms with van der Waals surface area (Å²) < 4.78 is 4.51. The molecule has 0 unspecified atom stereocenters. The van der Waals surface area contributed by atoms with Crippen molar-refractivity contribution in [3.05, 3.63) is 153 Å². The average Bonchev–Trinajstić information content (AvgIpc) is 3.03. The summed E-state index contributed by atoms with van der Waals surface area (Å²) in [6, 6.07) is 9.07. The van der Waals surface area contributed by atoms with Gasteiger partial charge in [0.15, 0.2) is 17.6 Å². The Morgan fingerprint density at radius 3 is 1.62 bits per heavy atom. The number of hydrogen-bond acceptors (Lipinski definition) is 7. The molecule has 5 aromatic rings. The molecule has 5 rings (SSSR count). The van der Waals surface area contributed by atoms with Gasteiger partial charge in [0.2, 0.25) is 0 Å². The first-order valence-corrected chi connectivity index (χ1v) is 18.9. The van der Waals surface area contributed by atoms with Gasteiger partial charge >= 0.3 is 5.97 Å². The number of amides is 1. The quantitative estimate of drug-likeness (QED) is 0.1000. The minimum atomic E-state index is -0.991. The van der Waals surface area contributed by atoms with Gasteiger partial charge in [-0.25, -0.2) is 9.78 Å². The fourth-order valence-electron chi connectivity index (χ4n) is 3.65. The van der Waals surface area contributed by atoms with Crippen molar-refractivity contribution in [1.82, 2.24) is 19.9 Å². The van der Waals surface area contributed by atoms with Crippen LogP contribution in [0, 0.1) is 60.6 Å². The predicted molar refractivity (Wildman–Crippen MR) is 220 cm³/mol. The summed E-state index contributed by atoms with van der Waals surface area (Å²) in [6.45, 7) is 15.0. The number of aromatic nitrogens is 5. The van der Waals surface area contributed by atoms with E-state index in [1.165, 1.54) is 18.0 Å². The Bertz CT molecular complexity index is 2150. The van der Waals surface area contributed by atoms with Crippen molar-refractivity contribution in [3.8, 4) is 0 Å². The molecule has 12 nitrogen and oxygen atoms in total. The second-order valence-corrected chi connectivity index (χ2v) is 15.5. The number of H-pyrrole nitrogens is 2. The standard InChI is InChI=1S/C7H7BrN2O2.C7H6BrNO2.2C7H8BrNO.C7H8BrN/c1-3-2-4(8)7(12)10-5(3)6(9)11;1-4-2-5(8)3-9-6(4)7(10)11;1-5-3-7(8)4-9(10)6(5)2;1-4-3-6(8)7(10)9-5(4)2;1-5-3-7(8)4-9-6(5)2/h2H,1H3,(H2,9,11)(H,10,12);2-3H,1H3,(H,10,11);3-4H,1-2H3;3H,1-2H3,(H,9,10);3-4H,1-2H3. The topological polar surface area (TPSA) is 199 Å². The van der Waals surface area contributed by atoms with Crippen molar-refractivity contribution in [2.75, 3.05) is 0 Å². The SMILES string of the molecule is Cc1cc(Br)c(=O)[nH]c1C.Cc1cc(Br)c(=O)[nH]c1C(N)=O.Cc1cc(Br)c[n+]([O-])c1C.Cc1cc(Br)cnc1C.Cc1cc(Br)cnc1C(=O)O. The zero-order valence-electron chi connectivity index (χ0n) is 29.4. The largest absolute Gasteiger partial charge is 0.618 e. The van der Waals surface area contributed by atoms with Crippen LogP contribution in [0.1, 0.15) is 65.9 Å². The van der Waals surface area contributed by atoms with Gasteiger partial charge in [-0.3, -0.25) is 19.4 Å². The summed E-state index contributed by atoms with van der Waals surface area (Å²) in [5, 5.41) is 19.5. The Labute approximate surface area is 343 Å². The van der Waals surface area contributed by atoms with Crippen LogP contribution >= 0.6 is 79.6 Å². The number of primary amides is 1. The number of halogens is 5. The number of carbonyl (C=O) groups excluding carboxylic acids is 1. The lowest BCUT2D eigenvalue weighted by Crippen LogP contribution is -2.30. The zero-order valence-corrected chi connectivity index (χ0v) is 37.3. The minimum Gasteiger partial charge on any atom is -0.618 e. The van der Waals surface area contributed by atoms with E-state index in [-0.39, 0.29) is 22.5 Å². The maximum absolute atomic E-state index is 11.0. The number of aromatic carboxylic acids is 1. The lowest BCUT2D eigenvalue weighted by atomic mass is 10.2. The number of pyridine rings is 5. The van der Waals surface area contributed by atoms with Gasteiger partial charge in [0.1, 0.15) is 5.69 Å². The Morgan fingerprint density at radius 2 is 1.17 bits per heavy atom. The number of nitrogens with zero attached hydrogens (tertiary/aromatic N) is 3. The number of nitrogens with two attached hydrogens (primary N) is 1. The van der Waals surface area contributed by atoms with Crippen LogP contribution in [0.5, 0.6) is 0 Å². The molecular formula is C35H37Br5N6O6. The van der Waals surface area contributed by atoms with Crippen LogP contribution in [0.25, 0.3) is 0 Å². The molecule has 0 aliphatic carbocycles. The van der Waals surface area contributed by atoms with Crippen molar-refractivity contribution >= 4 is 91.5 Å². The maximum atomic E-state index is 11.0. The molecule has 0 radical (unpaired) electrons. The van der Waals surface area contributed by atoms with E-state index in [9.17, 15) is 24.4 Å². The fraction of sp³-hybridized carbons (Fsp3) is 0.229. The molecule has 0 aromatic carbocycles. The van der Waals surface area contributed by atoms with Crippen molar-refractivity contribution in [3.63, 3.8) is 0 Å². The highest BCUT2D eigenvalue weighted by Crippen LogP contribution is 2.14. The summed E-state index contributed by atoms with van der Waals surface area (Å²) in [5.74, 6) is -1.62. The van der Waals surface area contributed by atoms with Crippen molar-refractivity contribution in [1.29, 1.82) is 0 Å². The van der Waals surface area contributed by atoms with Gasteiger partial charge < -0.3 is 26.0 Å². The van der Waals surface area contributed by atoms with Crippen LogP contribution in [0.15, 0.2) is 80.9 Å². The highest BCUT2D eigenvalue weighted by Gasteiger charge is 2.08. The molecule has 5 aromatic heterocycles. The Morgan fingerprint density at radius 1 is 0.692 bits per heavy atom. The highest BCUT2D eigenvalue weighted by molar-refractivity contribution is 9.11. The molecule has 0 fully saturated rings. The molecule has 0 aliphatic heterocycles. The molecule has 0 atom stereocenters. The van der Waals surface area contributed by atoms with Gasteiger partial charge in [0, 0.05) is 45.2 Å². The van der Waals surface area contributed by atoms with E-state index in [2.05, 4.69) is 106 Å². The predicted octanol–water partition coefficient (Wildman–Crippen LogP) is 8.31. The Hall–Kier alpha value is -3.51. The molecule has 278 valence electrons. The molecule has 17 heteroatoms. The van der Waals surface area contributed by atoms with Gasteiger partial charge in [0.05, 0.1) is 13.4 Å². The fourth-order valence-corrected chi connectivity index (χ4v) is 5.96. The molecule has 0 saturated carbocycles. The molecule has 0 bridgehead atoms. The number of aromatic amines is 2. The van der Waals surface area contributed by atoms with Crippen LogP contribution in [0.2, 0.25) is 0 Å². The molecule has 5 N–H and O–H groups in total. The Balaban J connectivity index is 0.000000326. The van der Waals surface area contributed by atoms with E-state index < -0.39 is 11.9 Å². The van der Waals surface area contributed by atoms with Crippen LogP contribution in [0.3, 0.4) is 0 Å². The summed E-state index contributed by atoms with van der Waals surface area (Å²) in [4.78, 5) is 56.0. The lowest BCUT2D eigenvalue weighted by Gasteiger charge is -2.02. The van der Waals surface area contributed by atoms with Gasteiger partial charge in [-0.15, -0.1) is 0 Å². The van der Waals surface area contributed by atoms with E-state index in [1.54, 1.807) is 32.9 Å². The smallest absolute Gasteiger partial charge is 0.354 e. The highest BCUT2D eigenvalue weighted by atomic mass is 79.9. The molecule has 5 heterocycles. The first-order valence-electron chi connectivity index (χ1n) is 14.9. The lowest BCUT2D eigenvalue weighted by molar-refractivity contribution is -0.613. The zero-order chi connectivity index (χ0) is 40.0. The normalized spacial score (nSPS) is 9.79. The third kappa shape index (κ3) is 15.6. The summed E-state index contributed by atoms with van der Waals surface area (Å²) >= 11 is 15.9. The van der Waals surface area contributed by atoms with E-state index in [0.29, 0.717) is 20.1 Å². The van der Waals surface area contributed by atoms with Crippen LogP contribution in [-0.2, 0) is 0 Å². The third-order valence-electron chi connectivity index (χ3n) is 6.94. The van der Waals surface area contributed by atoms with Gasteiger partial charge in [-0.1, -0.05) is 0 Å². The van der Waals surface area contributed by atoms with Gasteiger partial charge in [-0.2, -0.15) is 4.73 Å². The Kier molecular flexibility index (Phi) is 19.6. The van der Waals surface area contributed by atoms with E-state index in [0.717, 1.165) is 46.4 Å². The molecule has 0 saturated heterocycles. The van der Waals surface area contributed by atoms with Gasteiger partial charge in [0.25, 0.3) is 17.0 Å². The summed E-state index contributed by atoms with van der Waals surface area (Å²) in [6.07, 6.45) is 4.78. The first kappa shape index (κ1) is 46.5.